The largest absolute Gasteiger partial charge is 0.445 e. The zero-order chi connectivity index (χ0) is 29.6. The molecule has 0 amide bonds. The van der Waals surface area contributed by atoms with Gasteiger partial charge < -0.3 is 19.7 Å². The van der Waals surface area contributed by atoms with Crippen molar-refractivity contribution < 1.29 is 42.4 Å². The second-order valence-electron chi connectivity index (χ2n) is 12.0. The summed E-state index contributed by atoms with van der Waals surface area (Å²) < 4.78 is 55.9. The van der Waals surface area contributed by atoms with E-state index in [2.05, 4.69) is 4.98 Å². The number of ketones is 1. The number of rotatable bonds is 2. The van der Waals surface area contributed by atoms with E-state index < -0.39 is 71.6 Å². The molecule has 0 aromatic carbocycles. The zero-order valence-corrected chi connectivity index (χ0v) is 24.4. The number of hydrogen-bond acceptors (Lipinski definition) is 8. The first-order valence-electron chi connectivity index (χ1n) is 13.3. The number of aliphatic hydroxyl groups excluding tert-OH is 2. The molecule has 7 nitrogen and oxygen atoms in total. The van der Waals surface area contributed by atoms with Crippen LogP contribution in [0, 0.1) is 24.2 Å². The number of halogens is 3. The van der Waals surface area contributed by atoms with Crippen molar-refractivity contribution in [1.29, 1.82) is 0 Å². The maximum atomic E-state index is 15.0. The molecule has 1 aromatic rings. The van der Waals surface area contributed by atoms with Gasteiger partial charge in [-0.2, -0.15) is 13.2 Å². The van der Waals surface area contributed by atoms with Crippen LogP contribution >= 0.6 is 11.3 Å². The van der Waals surface area contributed by atoms with E-state index in [1.165, 1.54) is 38.2 Å². The topological polar surface area (TPSA) is 109 Å². The van der Waals surface area contributed by atoms with Gasteiger partial charge in [-0.25, -0.2) is 4.98 Å². The van der Waals surface area contributed by atoms with Crippen LogP contribution in [0.15, 0.2) is 11.0 Å². The number of epoxide rings is 1. The Hall–Kier alpha value is -1.82. The highest BCUT2D eigenvalue weighted by molar-refractivity contribution is 7.09. The number of thiazole rings is 1. The predicted molar refractivity (Wildman–Crippen MR) is 141 cm³/mol. The summed E-state index contributed by atoms with van der Waals surface area (Å²) in [5, 5.41) is 24.0. The molecule has 2 N–H and O–H groups in total. The summed E-state index contributed by atoms with van der Waals surface area (Å²) in [6.45, 7) is 10.9. The molecule has 3 rings (SSSR count). The Morgan fingerprint density at radius 3 is 2.41 bits per heavy atom. The first kappa shape index (κ1) is 31.7. The van der Waals surface area contributed by atoms with Crippen LogP contribution in [0.1, 0.15) is 84.3 Å². The molecule has 2 saturated heterocycles. The molecule has 1 aromatic heterocycles. The smallest absolute Gasteiger partial charge is 0.432 e. The number of alkyl halides is 3. The van der Waals surface area contributed by atoms with Crippen molar-refractivity contribution in [3.63, 3.8) is 0 Å². The molecular formula is C28H40F3NO6S. The van der Waals surface area contributed by atoms with Gasteiger partial charge in [0, 0.05) is 17.7 Å². The fraction of sp³-hybridized carbons (Fsp3) is 0.750. The summed E-state index contributed by atoms with van der Waals surface area (Å²) in [7, 11) is 0. The van der Waals surface area contributed by atoms with Gasteiger partial charge >= 0.3 is 12.1 Å². The molecule has 2 fully saturated rings. The van der Waals surface area contributed by atoms with Crippen molar-refractivity contribution in [2.75, 3.05) is 0 Å². The summed E-state index contributed by atoms with van der Waals surface area (Å²) in [6.07, 6.45) is -7.13. The van der Waals surface area contributed by atoms with Crippen molar-refractivity contribution in [1.82, 2.24) is 4.98 Å². The van der Waals surface area contributed by atoms with Crippen LogP contribution in [0.5, 0.6) is 0 Å². The number of fused-ring (bicyclic) bond motifs is 1. The number of cyclic esters (lactones) is 1. The monoisotopic (exact) mass is 575 g/mol. The van der Waals surface area contributed by atoms with Crippen LogP contribution in [0.2, 0.25) is 0 Å². The molecule has 0 spiro atoms. The van der Waals surface area contributed by atoms with Gasteiger partial charge in [0.05, 0.1) is 46.5 Å². The Labute approximate surface area is 231 Å². The third-order valence-electron chi connectivity index (χ3n) is 8.56. The highest BCUT2D eigenvalue weighted by Crippen LogP contribution is 2.52. The standard InChI is InChI=1S/C28H40F3NO6S/c1-15-9-8-10-26(7)21(37-26)13-27(28(29,30)31,16(2)11-19-14-39-18(4)32-19)38-22(34)12-20(33)25(5,6)24(36)17(3)23(15)35/h11,14-15,17,20-21,23,33,35H,8-10,12-13H2,1-7H3/b16-11+. The number of aliphatic hydroxyl groups is 2. The molecule has 0 radical (unpaired) electrons. The van der Waals surface area contributed by atoms with Gasteiger partial charge in [-0.1, -0.05) is 34.1 Å². The van der Waals surface area contributed by atoms with Crippen molar-refractivity contribution in [3.05, 3.63) is 21.7 Å². The van der Waals surface area contributed by atoms with E-state index >= 15 is 0 Å². The number of carbonyl (C=O) groups is 2. The summed E-state index contributed by atoms with van der Waals surface area (Å²) >= 11 is 1.28. The first-order valence-corrected chi connectivity index (χ1v) is 14.2. The number of hydrogen-bond donors (Lipinski definition) is 2. The fourth-order valence-electron chi connectivity index (χ4n) is 5.49. The minimum atomic E-state index is -5.00. The number of Topliss-reactive ketones (excluding diaryl/α,β-unsaturated/α-hetero) is 1. The highest BCUT2D eigenvalue weighted by atomic mass is 32.1. The number of aryl methyl sites for hydroxylation is 1. The second-order valence-corrected chi connectivity index (χ2v) is 13.1. The van der Waals surface area contributed by atoms with Gasteiger partial charge in [0.15, 0.2) is 0 Å². The molecule has 220 valence electrons. The van der Waals surface area contributed by atoms with Gasteiger partial charge in [-0.05, 0) is 51.2 Å². The Kier molecular flexibility index (Phi) is 9.12. The average Bonchev–Trinajstić information content (AvgIpc) is 3.26. The van der Waals surface area contributed by atoms with Gasteiger partial charge in [-0.15, -0.1) is 11.3 Å². The van der Waals surface area contributed by atoms with E-state index in [0.29, 0.717) is 30.0 Å². The number of nitrogens with zero attached hydrogens (tertiary/aromatic N) is 1. The normalized spacial score (nSPS) is 37.2. The lowest BCUT2D eigenvalue weighted by Gasteiger charge is -2.38. The molecule has 0 saturated carbocycles. The molecule has 7 unspecified atom stereocenters. The molecule has 11 heteroatoms. The third kappa shape index (κ3) is 6.57. The van der Waals surface area contributed by atoms with Crippen molar-refractivity contribution in [3.8, 4) is 0 Å². The number of aromatic nitrogens is 1. The Bertz CT molecular complexity index is 1100. The second kappa shape index (κ2) is 11.2. The fourth-order valence-corrected chi connectivity index (χ4v) is 6.06. The zero-order valence-electron chi connectivity index (χ0n) is 23.6. The lowest BCUT2D eigenvalue weighted by molar-refractivity contribution is -0.259. The van der Waals surface area contributed by atoms with Crippen LogP contribution in [-0.4, -0.2) is 62.6 Å². The lowest BCUT2D eigenvalue weighted by atomic mass is 9.73. The molecule has 2 aliphatic heterocycles. The maximum absolute atomic E-state index is 15.0. The van der Waals surface area contributed by atoms with Crippen LogP contribution in [0.4, 0.5) is 13.2 Å². The van der Waals surface area contributed by atoms with Crippen LogP contribution < -0.4 is 0 Å². The van der Waals surface area contributed by atoms with Crippen LogP contribution in [0.25, 0.3) is 6.08 Å². The maximum Gasteiger partial charge on any atom is 0.432 e. The minimum absolute atomic E-state index is 0.261. The lowest BCUT2D eigenvalue weighted by Crippen LogP contribution is -2.52. The molecule has 39 heavy (non-hydrogen) atoms. The van der Waals surface area contributed by atoms with Gasteiger partial charge in [-0.3, -0.25) is 9.59 Å². The van der Waals surface area contributed by atoms with Crippen molar-refractivity contribution in [2.45, 2.75) is 116 Å². The quantitative estimate of drug-likeness (QED) is 0.359. The Morgan fingerprint density at radius 1 is 1.21 bits per heavy atom. The van der Waals surface area contributed by atoms with Crippen molar-refractivity contribution in [2.24, 2.45) is 17.3 Å². The third-order valence-corrected chi connectivity index (χ3v) is 9.35. The highest BCUT2D eigenvalue weighted by Gasteiger charge is 2.66. The summed E-state index contributed by atoms with van der Waals surface area (Å²) in [5.74, 6) is -2.89. The van der Waals surface area contributed by atoms with Crippen LogP contribution in [-0.2, 0) is 19.1 Å². The predicted octanol–water partition coefficient (Wildman–Crippen LogP) is 5.41. The SMILES string of the molecule is C/C(=C\c1csc(C)n1)C1(C(F)(F)F)CC2OC2(C)CCCC(C)C(O)C(C)C(=O)C(C)(C)C(O)CC(=O)O1. The van der Waals surface area contributed by atoms with E-state index in [1.807, 2.05) is 6.92 Å². The molecule has 3 heterocycles. The summed E-state index contributed by atoms with van der Waals surface area (Å²) in [5.41, 5.74) is -5.34. The van der Waals surface area contributed by atoms with Gasteiger partial charge in [0.2, 0.25) is 5.60 Å². The molecule has 0 bridgehead atoms. The number of ether oxygens (including phenoxy) is 2. The van der Waals surface area contributed by atoms with E-state index in [0.717, 1.165) is 0 Å². The van der Waals surface area contributed by atoms with E-state index in [9.17, 15) is 33.0 Å². The average molecular weight is 576 g/mol. The van der Waals surface area contributed by atoms with Crippen LogP contribution in [0.3, 0.4) is 0 Å². The summed E-state index contributed by atoms with van der Waals surface area (Å²) in [4.78, 5) is 30.6. The van der Waals surface area contributed by atoms with Gasteiger partial charge in [0.1, 0.15) is 5.78 Å². The molecule has 0 aliphatic carbocycles. The molecule has 7 atom stereocenters. The van der Waals surface area contributed by atoms with E-state index in [1.54, 1.807) is 26.2 Å². The van der Waals surface area contributed by atoms with E-state index in [4.69, 9.17) is 9.47 Å². The Balaban J connectivity index is 2.05. The molecule has 2 aliphatic rings. The van der Waals surface area contributed by atoms with Crippen molar-refractivity contribution >= 4 is 29.2 Å². The molecular weight excluding hydrogens is 535 g/mol. The first-order chi connectivity index (χ1) is 17.8. The van der Waals surface area contributed by atoms with E-state index in [-0.39, 0.29) is 11.5 Å². The number of carbonyl (C=O) groups excluding carboxylic acids is 2. The summed E-state index contributed by atoms with van der Waals surface area (Å²) in [6, 6.07) is 0. The number of esters is 1. The minimum Gasteiger partial charge on any atom is -0.445 e. The van der Waals surface area contributed by atoms with Gasteiger partial charge in [0.25, 0.3) is 0 Å². The Morgan fingerprint density at radius 2 is 1.85 bits per heavy atom.